The molecule has 0 saturated heterocycles. The van der Waals surface area contributed by atoms with E-state index in [0.717, 1.165) is 0 Å². The van der Waals surface area contributed by atoms with Gasteiger partial charge >= 0.3 is 0 Å². The van der Waals surface area contributed by atoms with Crippen LogP contribution in [0.15, 0.2) is 35.0 Å². The van der Waals surface area contributed by atoms with Crippen molar-refractivity contribution in [3.8, 4) is 0 Å². The fraction of sp³-hybridized carbons (Fsp3) is 0.333. The summed E-state index contributed by atoms with van der Waals surface area (Å²) in [7, 11) is 2.12. The molecule has 2 nitrogen and oxygen atoms in total. The zero-order valence-corrected chi connectivity index (χ0v) is 12.0. The maximum Gasteiger partial charge on any atom is 0.0669 e. The van der Waals surface area contributed by atoms with E-state index in [-0.39, 0.29) is 6.04 Å². The van der Waals surface area contributed by atoms with E-state index in [9.17, 15) is 0 Å². The van der Waals surface area contributed by atoms with Gasteiger partial charge in [0.05, 0.1) is 6.04 Å². The van der Waals surface area contributed by atoms with Crippen molar-refractivity contribution in [2.75, 3.05) is 18.5 Å². The number of nitrogens with two attached hydrogens (primary N) is 1. The zero-order valence-electron chi connectivity index (χ0n) is 11.2. The number of thiophene rings is 1. The van der Waals surface area contributed by atoms with E-state index in [0.29, 0.717) is 6.54 Å². The minimum Gasteiger partial charge on any atom is -0.366 e. The molecule has 1 unspecified atom stereocenters. The van der Waals surface area contributed by atoms with Crippen molar-refractivity contribution in [1.82, 2.24) is 0 Å². The van der Waals surface area contributed by atoms with Gasteiger partial charge in [0.1, 0.15) is 0 Å². The van der Waals surface area contributed by atoms with E-state index < -0.39 is 0 Å². The van der Waals surface area contributed by atoms with Gasteiger partial charge in [-0.1, -0.05) is 17.7 Å². The summed E-state index contributed by atoms with van der Waals surface area (Å²) in [6.45, 7) is 4.90. The van der Waals surface area contributed by atoms with Crippen LogP contribution in [0.1, 0.15) is 22.7 Å². The van der Waals surface area contributed by atoms with E-state index in [4.69, 9.17) is 5.73 Å². The van der Waals surface area contributed by atoms with E-state index in [1.54, 1.807) is 11.3 Å². The van der Waals surface area contributed by atoms with Crippen molar-refractivity contribution in [2.24, 2.45) is 5.73 Å². The highest BCUT2D eigenvalue weighted by molar-refractivity contribution is 7.08. The van der Waals surface area contributed by atoms with Crippen LogP contribution in [-0.2, 0) is 0 Å². The number of nitrogens with zero attached hydrogens (tertiary/aromatic N) is 1. The van der Waals surface area contributed by atoms with Crippen LogP contribution < -0.4 is 10.6 Å². The summed E-state index contributed by atoms with van der Waals surface area (Å²) < 4.78 is 0. The van der Waals surface area contributed by atoms with Gasteiger partial charge in [-0.3, -0.25) is 0 Å². The molecule has 18 heavy (non-hydrogen) atoms. The molecule has 0 aliphatic heterocycles. The number of likely N-dealkylation sites (N-methyl/N-ethyl adjacent to an activating group) is 1. The Labute approximate surface area is 113 Å². The molecule has 2 N–H and O–H groups in total. The standard InChI is InChI=1S/C15H20N2S/c1-11-4-5-14(12(2)8-11)17(3)15(9-16)13-6-7-18-10-13/h4-8,10,15H,9,16H2,1-3H3. The fourth-order valence-corrected chi connectivity index (χ4v) is 3.06. The van der Waals surface area contributed by atoms with Gasteiger partial charge in [-0.05, 0) is 47.9 Å². The Kier molecular flexibility index (Phi) is 4.04. The monoisotopic (exact) mass is 260 g/mol. The summed E-state index contributed by atoms with van der Waals surface area (Å²) in [6, 6.07) is 8.95. The van der Waals surface area contributed by atoms with Crippen LogP contribution in [0.3, 0.4) is 0 Å². The number of hydrogen-bond donors (Lipinski definition) is 1. The number of aryl methyl sites for hydroxylation is 2. The molecule has 2 aromatic rings. The van der Waals surface area contributed by atoms with Crippen LogP contribution in [0.2, 0.25) is 0 Å². The van der Waals surface area contributed by atoms with Gasteiger partial charge < -0.3 is 10.6 Å². The SMILES string of the molecule is Cc1ccc(N(C)C(CN)c2ccsc2)c(C)c1. The molecule has 1 atom stereocenters. The lowest BCUT2D eigenvalue weighted by atomic mass is 10.1. The predicted molar refractivity (Wildman–Crippen MR) is 80.4 cm³/mol. The number of benzene rings is 1. The molecule has 0 radical (unpaired) electrons. The Hall–Kier alpha value is -1.32. The molecule has 96 valence electrons. The first-order valence-electron chi connectivity index (χ1n) is 6.15. The molecule has 1 aromatic carbocycles. The summed E-state index contributed by atoms with van der Waals surface area (Å²) >= 11 is 1.72. The molecule has 3 heteroatoms. The molecule has 0 aliphatic rings. The average Bonchev–Trinajstić information content (AvgIpc) is 2.83. The highest BCUT2D eigenvalue weighted by atomic mass is 32.1. The average molecular weight is 260 g/mol. The number of anilines is 1. The zero-order chi connectivity index (χ0) is 13.1. The molecule has 0 fully saturated rings. The topological polar surface area (TPSA) is 29.3 Å². The van der Waals surface area contributed by atoms with Crippen molar-refractivity contribution in [3.63, 3.8) is 0 Å². The van der Waals surface area contributed by atoms with Crippen LogP contribution in [0.5, 0.6) is 0 Å². The lowest BCUT2D eigenvalue weighted by Crippen LogP contribution is -2.30. The molecule has 0 aliphatic carbocycles. The van der Waals surface area contributed by atoms with Gasteiger partial charge in [0, 0.05) is 19.3 Å². The van der Waals surface area contributed by atoms with Crippen LogP contribution in [0.25, 0.3) is 0 Å². The Morgan fingerprint density at radius 2 is 2.06 bits per heavy atom. The van der Waals surface area contributed by atoms with Gasteiger partial charge in [0.2, 0.25) is 0 Å². The molecule has 0 bridgehead atoms. The molecule has 1 aromatic heterocycles. The third-order valence-corrected chi connectivity index (χ3v) is 4.05. The number of hydrogen-bond acceptors (Lipinski definition) is 3. The van der Waals surface area contributed by atoms with Crippen LogP contribution >= 0.6 is 11.3 Å². The minimum atomic E-state index is 0.248. The van der Waals surface area contributed by atoms with Gasteiger partial charge in [-0.2, -0.15) is 11.3 Å². The lowest BCUT2D eigenvalue weighted by Gasteiger charge is -2.30. The quantitative estimate of drug-likeness (QED) is 0.911. The molecular weight excluding hydrogens is 240 g/mol. The van der Waals surface area contributed by atoms with Crippen molar-refractivity contribution in [2.45, 2.75) is 19.9 Å². The Morgan fingerprint density at radius 3 is 2.61 bits per heavy atom. The highest BCUT2D eigenvalue weighted by Gasteiger charge is 2.17. The fourth-order valence-electron chi connectivity index (χ4n) is 2.35. The summed E-state index contributed by atoms with van der Waals surface area (Å²) in [5.41, 5.74) is 11.1. The van der Waals surface area contributed by atoms with Crippen LogP contribution in [-0.4, -0.2) is 13.6 Å². The molecule has 0 spiro atoms. The van der Waals surface area contributed by atoms with E-state index >= 15 is 0 Å². The van der Waals surface area contributed by atoms with Crippen molar-refractivity contribution >= 4 is 17.0 Å². The number of rotatable bonds is 4. The minimum absolute atomic E-state index is 0.248. The smallest absolute Gasteiger partial charge is 0.0669 e. The van der Waals surface area contributed by atoms with Crippen LogP contribution in [0, 0.1) is 13.8 Å². The highest BCUT2D eigenvalue weighted by Crippen LogP contribution is 2.29. The first-order valence-corrected chi connectivity index (χ1v) is 7.10. The van der Waals surface area contributed by atoms with Crippen molar-refractivity contribution in [3.05, 3.63) is 51.7 Å². The summed E-state index contributed by atoms with van der Waals surface area (Å²) in [6.07, 6.45) is 0. The van der Waals surface area contributed by atoms with Gasteiger partial charge in [0.15, 0.2) is 0 Å². The lowest BCUT2D eigenvalue weighted by molar-refractivity contribution is 0.681. The van der Waals surface area contributed by atoms with E-state index in [2.05, 4.69) is 60.8 Å². The third kappa shape index (κ3) is 2.57. The third-order valence-electron chi connectivity index (χ3n) is 3.35. The van der Waals surface area contributed by atoms with Gasteiger partial charge in [0.25, 0.3) is 0 Å². The molecular formula is C15H20N2S. The largest absolute Gasteiger partial charge is 0.366 e. The first kappa shape index (κ1) is 13.1. The van der Waals surface area contributed by atoms with Gasteiger partial charge in [-0.15, -0.1) is 0 Å². The Bertz CT molecular complexity index is 505. The molecule has 2 rings (SSSR count). The summed E-state index contributed by atoms with van der Waals surface area (Å²) in [5, 5.41) is 4.28. The maximum atomic E-state index is 5.95. The second-order valence-corrected chi connectivity index (χ2v) is 5.49. The molecule has 0 amide bonds. The van der Waals surface area contributed by atoms with Gasteiger partial charge in [-0.25, -0.2) is 0 Å². The normalized spacial score (nSPS) is 12.4. The summed E-state index contributed by atoms with van der Waals surface area (Å²) in [4.78, 5) is 2.27. The molecule has 0 saturated carbocycles. The van der Waals surface area contributed by atoms with Crippen molar-refractivity contribution < 1.29 is 0 Å². The second-order valence-electron chi connectivity index (χ2n) is 4.71. The van der Waals surface area contributed by atoms with Crippen LogP contribution in [0.4, 0.5) is 5.69 Å². The summed E-state index contributed by atoms with van der Waals surface area (Å²) in [5.74, 6) is 0. The first-order chi connectivity index (χ1) is 8.63. The molecule has 1 heterocycles. The van der Waals surface area contributed by atoms with Crippen molar-refractivity contribution in [1.29, 1.82) is 0 Å². The second kappa shape index (κ2) is 5.55. The maximum absolute atomic E-state index is 5.95. The predicted octanol–water partition coefficient (Wildman–Crippen LogP) is 3.50. The Morgan fingerprint density at radius 1 is 1.28 bits per heavy atom. The van der Waals surface area contributed by atoms with E-state index in [1.807, 2.05) is 0 Å². The Balaban J connectivity index is 2.31. The van der Waals surface area contributed by atoms with E-state index in [1.165, 1.54) is 22.4 Å².